The van der Waals surface area contributed by atoms with Crippen LogP contribution in [0.5, 0.6) is 0 Å². The maximum Gasteiger partial charge on any atom is 0.0894 e. The third kappa shape index (κ3) is 2.92. The molecule has 1 aromatic carbocycles. The van der Waals surface area contributed by atoms with Crippen molar-refractivity contribution in [1.82, 2.24) is 15.0 Å². The average molecular weight is 309 g/mol. The van der Waals surface area contributed by atoms with Gasteiger partial charge in [-0.2, -0.15) is 0 Å². The monoisotopic (exact) mass is 309 g/mol. The van der Waals surface area contributed by atoms with Crippen LogP contribution in [-0.4, -0.2) is 15.0 Å². The first-order valence-electron chi connectivity index (χ1n) is 7.80. The smallest absolute Gasteiger partial charge is 0.0894 e. The molecular formula is C21H15N3. The van der Waals surface area contributed by atoms with Gasteiger partial charge in [0.1, 0.15) is 0 Å². The van der Waals surface area contributed by atoms with Gasteiger partial charge in [-0.15, -0.1) is 0 Å². The van der Waals surface area contributed by atoms with E-state index < -0.39 is 0 Å². The highest BCUT2D eigenvalue weighted by Gasteiger charge is 2.06. The molecule has 114 valence electrons. The van der Waals surface area contributed by atoms with E-state index in [0.29, 0.717) is 0 Å². The maximum absolute atomic E-state index is 4.72. The Morgan fingerprint density at radius 2 is 1.17 bits per heavy atom. The molecule has 24 heavy (non-hydrogen) atoms. The van der Waals surface area contributed by atoms with Crippen LogP contribution in [0.4, 0.5) is 0 Å². The molecule has 0 aliphatic heterocycles. The first kappa shape index (κ1) is 14.3. The van der Waals surface area contributed by atoms with Gasteiger partial charge >= 0.3 is 0 Å². The van der Waals surface area contributed by atoms with Crippen molar-refractivity contribution < 1.29 is 0 Å². The zero-order valence-corrected chi connectivity index (χ0v) is 13.0. The molecule has 0 saturated carbocycles. The topological polar surface area (TPSA) is 38.7 Å². The molecule has 4 aromatic rings. The predicted octanol–water partition coefficient (Wildman–Crippen LogP) is 4.87. The molecule has 0 saturated heterocycles. The Morgan fingerprint density at radius 3 is 1.96 bits per heavy atom. The van der Waals surface area contributed by atoms with Crippen LogP contribution in [0.2, 0.25) is 0 Å². The van der Waals surface area contributed by atoms with Crippen LogP contribution in [0, 0.1) is 0 Å². The first-order valence-corrected chi connectivity index (χ1v) is 7.80. The molecule has 0 fully saturated rings. The van der Waals surface area contributed by atoms with E-state index in [-0.39, 0.29) is 0 Å². The Labute approximate surface area is 140 Å². The number of hydrogen-bond acceptors (Lipinski definition) is 3. The van der Waals surface area contributed by atoms with Gasteiger partial charge in [0.2, 0.25) is 0 Å². The number of rotatable bonds is 3. The fourth-order valence-electron chi connectivity index (χ4n) is 2.62. The molecular weight excluding hydrogens is 294 g/mol. The minimum Gasteiger partial charge on any atom is -0.255 e. The zero-order chi connectivity index (χ0) is 16.2. The van der Waals surface area contributed by atoms with Gasteiger partial charge < -0.3 is 0 Å². The van der Waals surface area contributed by atoms with Crippen LogP contribution >= 0.6 is 0 Å². The standard InChI is InChI=1S/C21H15N3/c1-2-7-16(8-3-1)17-12-14-23-21(15-17)20-11-6-10-19(24-20)18-9-4-5-13-22-18/h1-15H. The van der Waals surface area contributed by atoms with Crippen LogP contribution in [0.1, 0.15) is 0 Å². The molecule has 3 heteroatoms. The van der Waals surface area contributed by atoms with Gasteiger partial charge in [0.15, 0.2) is 0 Å². The van der Waals surface area contributed by atoms with Gasteiger partial charge in [0.05, 0.1) is 22.8 Å². The van der Waals surface area contributed by atoms with Crippen molar-refractivity contribution in [3.05, 3.63) is 91.3 Å². The van der Waals surface area contributed by atoms with Gasteiger partial charge in [-0.3, -0.25) is 9.97 Å². The van der Waals surface area contributed by atoms with Crippen LogP contribution in [0.25, 0.3) is 33.9 Å². The predicted molar refractivity (Wildman–Crippen MR) is 96.1 cm³/mol. The summed E-state index contributed by atoms with van der Waals surface area (Å²) in [4.78, 5) is 13.6. The molecule has 3 heterocycles. The lowest BCUT2D eigenvalue weighted by molar-refractivity contribution is 1.22. The quantitative estimate of drug-likeness (QED) is 0.542. The summed E-state index contributed by atoms with van der Waals surface area (Å²) in [5.41, 5.74) is 5.70. The largest absolute Gasteiger partial charge is 0.255 e. The second kappa shape index (κ2) is 6.42. The van der Waals surface area contributed by atoms with Gasteiger partial charge in [0, 0.05) is 12.4 Å². The van der Waals surface area contributed by atoms with Gasteiger partial charge in [0.25, 0.3) is 0 Å². The number of pyridine rings is 3. The van der Waals surface area contributed by atoms with Crippen molar-refractivity contribution in [2.75, 3.05) is 0 Å². The number of aromatic nitrogens is 3. The molecule has 4 rings (SSSR count). The van der Waals surface area contributed by atoms with E-state index in [0.717, 1.165) is 28.3 Å². The third-order valence-corrected chi connectivity index (χ3v) is 3.81. The summed E-state index contributed by atoms with van der Waals surface area (Å²) in [5, 5.41) is 0. The molecule has 0 aliphatic rings. The molecule has 0 amide bonds. The van der Waals surface area contributed by atoms with Crippen molar-refractivity contribution in [3.63, 3.8) is 0 Å². The van der Waals surface area contributed by atoms with E-state index in [1.807, 2.05) is 66.9 Å². The van der Waals surface area contributed by atoms with Crippen molar-refractivity contribution >= 4 is 0 Å². The van der Waals surface area contributed by atoms with Crippen LogP contribution in [0.15, 0.2) is 91.3 Å². The van der Waals surface area contributed by atoms with E-state index >= 15 is 0 Å². The molecule has 3 nitrogen and oxygen atoms in total. The first-order chi connectivity index (χ1) is 11.9. The SMILES string of the molecule is c1ccc(-c2ccnc(-c3cccc(-c4ccccn4)n3)c2)cc1. The summed E-state index contributed by atoms with van der Waals surface area (Å²) in [5.74, 6) is 0. The molecule has 0 N–H and O–H groups in total. The van der Waals surface area contributed by atoms with Crippen molar-refractivity contribution in [1.29, 1.82) is 0 Å². The highest BCUT2D eigenvalue weighted by atomic mass is 14.8. The Balaban J connectivity index is 1.75. The Kier molecular flexibility index (Phi) is 3.82. The van der Waals surface area contributed by atoms with Crippen LogP contribution in [0.3, 0.4) is 0 Å². The molecule has 0 atom stereocenters. The van der Waals surface area contributed by atoms with E-state index in [9.17, 15) is 0 Å². The van der Waals surface area contributed by atoms with E-state index in [2.05, 4.69) is 28.2 Å². The molecule has 0 spiro atoms. The normalized spacial score (nSPS) is 10.5. The fourth-order valence-corrected chi connectivity index (χ4v) is 2.62. The van der Waals surface area contributed by atoms with E-state index in [4.69, 9.17) is 4.98 Å². The van der Waals surface area contributed by atoms with Crippen molar-refractivity contribution in [3.8, 4) is 33.9 Å². The summed E-state index contributed by atoms with van der Waals surface area (Å²) in [7, 11) is 0. The second-order valence-electron chi connectivity index (χ2n) is 5.42. The lowest BCUT2D eigenvalue weighted by Crippen LogP contribution is -1.92. The van der Waals surface area contributed by atoms with Gasteiger partial charge in [-0.25, -0.2) is 4.98 Å². The summed E-state index contributed by atoms with van der Waals surface area (Å²) in [6.45, 7) is 0. The maximum atomic E-state index is 4.72. The summed E-state index contributed by atoms with van der Waals surface area (Å²) >= 11 is 0. The molecule has 0 aliphatic carbocycles. The summed E-state index contributed by atoms with van der Waals surface area (Å²) < 4.78 is 0. The highest BCUT2D eigenvalue weighted by molar-refractivity contribution is 5.69. The number of hydrogen-bond donors (Lipinski definition) is 0. The minimum absolute atomic E-state index is 0.843. The minimum atomic E-state index is 0.843. The lowest BCUT2D eigenvalue weighted by atomic mass is 10.1. The number of benzene rings is 1. The van der Waals surface area contributed by atoms with Crippen LogP contribution in [-0.2, 0) is 0 Å². The van der Waals surface area contributed by atoms with Gasteiger partial charge in [-0.1, -0.05) is 42.5 Å². The third-order valence-electron chi connectivity index (χ3n) is 3.81. The Hall–Kier alpha value is -3.33. The Morgan fingerprint density at radius 1 is 0.458 bits per heavy atom. The fraction of sp³-hybridized carbons (Fsp3) is 0. The van der Waals surface area contributed by atoms with Crippen molar-refractivity contribution in [2.24, 2.45) is 0 Å². The van der Waals surface area contributed by atoms with Gasteiger partial charge in [-0.05, 0) is 47.5 Å². The Bertz CT molecular complexity index is 870. The summed E-state index contributed by atoms with van der Waals surface area (Å²) in [6, 6.07) is 26.1. The zero-order valence-electron chi connectivity index (χ0n) is 13.0. The van der Waals surface area contributed by atoms with Crippen LogP contribution < -0.4 is 0 Å². The molecule has 0 radical (unpaired) electrons. The molecule has 3 aromatic heterocycles. The van der Waals surface area contributed by atoms with E-state index in [1.165, 1.54) is 5.56 Å². The average Bonchev–Trinajstić information content (AvgIpc) is 2.70. The lowest BCUT2D eigenvalue weighted by Gasteiger charge is -2.06. The second-order valence-corrected chi connectivity index (χ2v) is 5.42. The van der Waals surface area contributed by atoms with E-state index in [1.54, 1.807) is 6.20 Å². The highest BCUT2D eigenvalue weighted by Crippen LogP contribution is 2.24. The molecule has 0 bridgehead atoms. The summed E-state index contributed by atoms with van der Waals surface area (Å²) in [6.07, 6.45) is 3.60. The number of nitrogens with zero attached hydrogens (tertiary/aromatic N) is 3. The van der Waals surface area contributed by atoms with Crippen molar-refractivity contribution in [2.45, 2.75) is 0 Å². The molecule has 0 unspecified atom stereocenters.